The molecule has 0 atom stereocenters. The molecular weight excluding hydrogens is 357 g/mol. The fraction of sp³-hybridized carbons (Fsp3) is 0.231. The largest absolute Gasteiger partial charge is 0.366 e. The van der Waals surface area contributed by atoms with E-state index in [-0.39, 0.29) is 11.2 Å². The zero-order valence-electron chi connectivity index (χ0n) is 10.7. The first-order valence-electron chi connectivity index (χ1n) is 5.75. The van der Waals surface area contributed by atoms with Gasteiger partial charge in [-0.1, -0.05) is 30.3 Å². The maximum atomic E-state index is 11.9. The summed E-state index contributed by atoms with van der Waals surface area (Å²) in [5, 5.41) is 3.15. The molecule has 0 unspecified atom stereocenters. The van der Waals surface area contributed by atoms with Crippen LogP contribution in [-0.4, -0.2) is 9.13 Å². The van der Waals surface area contributed by atoms with E-state index in [2.05, 4.69) is 5.32 Å². The standard InChI is InChI=1S/C13H14IN3O2/c1-16-11(10(14)12(18)17(2)13(16)19)15-8-9-6-4-3-5-7-9/h3-7,15H,8H2,1-2H3. The molecule has 1 heterocycles. The summed E-state index contributed by atoms with van der Waals surface area (Å²) in [7, 11) is 3.13. The van der Waals surface area contributed by atoms with Crippen molar-refractivity contribution in [1.29, 1.82) is 0 Å². The van der Waals surface area contributed by atoms with Crippen LogP contribution in [0.15, 0.2) is 39.9 Å². The van der Waals surface area contributed by atoms with Crippen molar-refractivity contribution in [3.63, 3.8) is 0 Å². The van der Waals surface area contributed by atoms with Gasteiger partial charge in [0.15, 0.2) is 0 Å². The summed E-state index contributed by atoms with van der Waals surface area (Å²) in [6.45, 7) is 0.567. The van der Waals surface area contributed by atoms with Crippen LogP contribution in [0.2, 0.25) is 0 Å². The first kappa shape index (κ1) is 13.9. The van der Waals surface area contributed by atoms with Gasteiger partial charge < -0.3 is 5.32 Å². The van der Waals surface area contributed by atoms with Gasteiger partial charge in [-0.15, -0.1) is 0 Å². The van der Waals surface area contributed by atoms with Gasteiger partial charge in [-0.05, 0) is 28.2 Å². The van der Waals surface area contributed by atoms with Crippen LogP contribution in [0.1, 0.15) is 5.56 Å². The smallest absolute Gasteiger partial charge is 0.332 e. The third-order valence-corrected chi connectivity index (χ3v) is 3.88. The number of nitrogens with one attached hydrogen (secondary N) is 1. The molecule has 0 bridgehead atoms. The van der Waals surface area contributed by atoms with Crippen LogP contribution >= 0.6 is 22.6 Å². The molecule has 0 aliphatic carbocycles. The molecule has 19 heavy (non-hydrogen) atoms. The van der Waals surface area contributed by atoms with Crippen LogP contribution < -0.4 is 16.6 Å². The molecule has 0 fully saturated rings. The molecule has 1 aromatic carbocycles. The predicted octanol–water partition coefficient (Wildman–Crippen LogP) is 1.30. The Hall–Kier alpha value is -1.57. The molecular formula is C13H14IN3O2. The van der Waals surface area contributed by atoms with Crippen LogP contribution in [0.5, 0.6) is 0 Å². The summed E-state index contributed by atoms with van der Waals surface area (Å²) >= 11 is 1.96. The quantitative estimate of drug-likeness (QED) is 0.828. The first-order valence-corrected chi connectivity index (χ1v) is 6.83. The Morgan fingerprint density at radius 2 is 1.74 bits per heavy atom. The summed E-state index contributed by atoms with van der Waals surface area (Å²) in [5.74, 6) is 0.553. The summed E-state index contributed by atoms with van der Waals surface area (Å²) in [4.78, 5) is 23.7. The molecule has 0 radical (unpaired) electrons. The number of benzene rings is 1. The molecule has 1 aromatic heterocycles. The lowest BCUT2D eigenvalue weighted by Crippen LogP contribution is -2.39. The van der Waals surface area contributed by atoms with E-state index in [9.17, 15) is 9.59 Å². The Labute approximate surface area is 124 Å². The summed E-state index contributed by atoms with van der Waals surface area (Å²) < 4.78 is 3.07. The van der Waals surface area contributed by atoms with Crippen molar-refractivity contribution < 1.29 is 0 Å². The minimum atomic E-state index is -0.332. The van der Waals surface area contributed by atoms with Crippen molar-refractivity contribution in [2.75, 3.05) is 5.32 Å². The van der Waals surface area contributed by atoms with Crippen molar-refractivity contribution in [1.82, 2.24) is 9.13 Å². The van der Waals surface area contributed by atoms with Crippen LogP contribution in [0, 0.1) is 3.57 Å². The Morgan fingerprint density at radius 3 is 2.37 bits per heavy atom. The van der Waals surface area contributed by atoms with Gasteiger partial charge in [-0.3, -0.25) is 13.9 Å². The van der Waals surface area contributed by atoms with Crippen LogP contribution in [0.25, 0.3) is 0 Å². The molecule has 0 aliphatic heterocycles. The Morgan fingerprint density at radius 1 is 1.11 bits per heavy atom. The van der Waals surface area contributed by atoms with Gasteiger partial charge in [0.25, 0.3) is 5.56 Å². The van der Waals surface area contributed by atoms with Gasteiger partial charge in [-0.25, -0.2) is 4.79 Å². The number of rotatable bonds is 3. The normalized spacial score (nSPS) is 10.5. The van der Waals surface area contributed by atoms with E-state index in [1.807, 2.05) is 52.9 Å². The van der Waals surface area contributed by atoms with Crippen LogP contribution in [-0.2, 0) is 20.6 Å². The highest BCUT2D eigenvalue weighted by Crippen LogP contribution is 2.12. The predicted molar refractivity (Wildman–Crippen MR) is 83.4 cm³/mol. The third-order valence-electron chi connectivity index (χ3n) is 2.91. The third kappa shape index (κ3) is 2.73. The van der Waals surface area contributed by atoms with Crippen molar-refractivity contribution in [2.24, 2.45) is 14.1 Å². The van der Waals surface area contributed by atoms with E-state index in [0.717, 1.165) is 10.1 Å². The van der Waals surface area contributed by atoms with E-state index in [4.69, 9.17) is 0 Å². The zero-order valence-corrected chi connectivity index (χ0v) is 12.8. The highest BCUT2D eigenvalue weighted by Gasteiger charge is 2.12. The highest BCUT2D eigenvalue weighted by molar-refractivity contribution is 14.1. The summed E-state index contributed by atoms with van der Waals surface area (Å²) in [6, 6.07) is 9.81. The number of anilines is 1. The average Bonchev–Trinajstić information content (AvgIpc) is 2.44. The monoisotopic (exact) mass is 371 g/mol. The van der Waals surface area contributed by atoms with Gasteiger partial charge in [-0.2, -0.15) is 0 Å². The van der Waals surface area contributed by atoms with E-state index >= 15 is 0 Å². The lowest BCUT2D eigenvalue weighted by Gasteiger charge is -2.13. The number of aromatic nitrogens is 2. The molecule has 0 saturated heterocycles. The molecule has 6 heteroatoms. The molecule has 2 rings (SSSR count). The Bertz CT molecular complexity index is 667. The van der Waals surface area contributed by atoms with Crippen molar-refractivity contribution in [3.8, 4) is 0 Å². The second kappa shape index (κ2) is 5.60. The fourth-order valence-electron chi connectivity index (χ4n) is 1.78. The van der Waals surface area contributed by atoms with Crippen LogP contribution in [0.3, 0.4) is 0 Å². The van der Waals surface area contributed by atoms with Gasteiger partial charge in [0.2, 0.25) is 0 Å². The number of halogens is 1. The number of hydrogen-bond acceptors (Lipinski definition) is 3. The Balaban J connectivity index is 2.36. The zero-order chi connectivity index (χ0) is 14.0. The fourth-order valence-corrected chi connectivity index (χ4v) is 2.70. The lowest BCUT2D eigenvalue weighted by molar-refractivity contribution is 0.682. The van der Waals surface area contributed by atoms with E-state index in [0.29, 0.717) is 15.9 Å². The maximum absolute atomic E-state index is 11.9. The molecule has 0 spiro atoms. The minimum absolute atomic E-state index is 0.278. The average molecular weight is 371 g/mol. The Kier molecular flexibility index (Phi) is 4.08. The number of nitrogens with zero attached hydrogens (tertiary/aromatic N) is 2. The van der Waals surface area contributed by atoms with Crippen molar-refractivity contribution in [3.05, 3.63) is 60.3 Å². The van der Waals surface area contributed by atoms with Gasteiger partial charge in [0.05, 0.1) is 0 Å². The van der Waals surface area contributed by atoms with Gasteiger partial charge in [0, 0.05) is 20.6 Å². The highest BCUT2D eigenvalue weighted by atomic mass is 127. The maximum Gasteiger partial charge on any atom is 0.332 e. The molecule has 0 aliphatic rings. The van der Waals surface area contributed by atoms with Crippen molar-refractivity contribution >= 4 is 28.4 Å². The van der Waals surface area contributed by atoms with Crippen LogP contribution in [0.4, 0.5) is 5.82 Å². The number of hydrogen-bond donors (Lipinski definition) is 1. The van der Waals surface area contributed by atoms with E-state index in [1.165, 1.54) is 11.6 Å². The minimum Gasteiger partial charge on any atom is -0.366 e. The molecule has 2 aromatic rings. The topological polar surface area (TPSA) is 56.0 Å². The molecule has 5 nitrogen and oxygen atoms in total. The van der Waals surface area contributed by atoms with E-state index in [1.54, 1.807) is 7.05 Å². The van der Waals surface area contributed by atoms with E-state index < -0.39 is 0 Å². The summed E-state index contributed by atoms with van der Waals surface area (Å²) in [6.07, 6.45) is 0. The van der Waals surface area contributed by atoms with Crippen molar-refractivity contribution in [2.45, 2.75) is 6.54 Å². The second-order valence-electron chi connectivity index (χ2n) is 4.21. The molecule has 100 valence electrons. The summed E-state index contributed by atoms with van der Waals surface area (Å²) in [5.41, 5.74) is 0.478. The molecule has 0 amide bonds. The van der Waals surface area contributed by atoms with Gasteiger partial charge >= 0.3 is 5.69 Å². The first-order chi connectivity index (χ1) is 9.02. The SMILES string of the molecule is Cn1c(NCc2ccccc2)c(I)c(=O)n(C)c1=O. The lowest BCUT2D eigenvalue weighted by atomic mass is 10.2. The van der Waals surface area contributed by atoms with Gasteiger partial charge in [0.1, 0.15) is 9.39 Å². The second-order valence-corrected chi connectivity index (χ2v) is 5.29. The molecule has 0 saturated carbocycles. The molecule has 1 N–H and O–H groups in total.